The molecule has 2 N–H and O–H groups in total. The van der Waals surface area contributed by atoms with Crippen molar-refractivity contribution in [3.05, 3.63) is 0 Å². The van der Waals surface area contributed by atoms with Crippen molar-refractivity contribution in [2.24, 2.45) is 0 Å². The average Bonchev–Trinajstić information content (AvgIpc) is 1.66. The van der Waals surface area contributed by atoms with E-state index in [0.29, 0.717) is 12.3 Å². The van der Waals surface area contributed by atoms with Crippen LogP contribution in [0.25, 0.3) is 0 Å². The molecule has 0 radical (unpaired) electrons. The van der Waals surface area contributed by atoms with Gasteiger partial charge >= 0.3 is 0 Å². The van der Waals surface area contributed by atoms with Gasteiger partial charge in [-0.1, -0.05) is 0 Å². The maximum absolute atomic E-state index is 8.29. The summed E-state index contributed by atoms with van der Waals surface area (Å²) in [5.74, 6) is 0.604. The van der Waals surface area contributed by atoms with E-state index < -0.39 is 6.29 Å². The van der Waals surface area contributed by atoms with E-state index in [1.54, 1.807) is 0 Å². The third-order valence-corrected chi connectivity index (χ3v) is 1.11. The summed E-state index contributed by atoms with van der Waals surface area (Å²) >= 11 is 5.32. The van der Waals surface area contributed by atoms with Crippen molar-refractivity contribution in [2.75, 3.05) is 5.88 Å². The zero-order valence-electron chi connectivity index (χ0n) is 4.68. The van der Waals surface area contributed by atoms with E-state index in [0.717, 1.165) is 12.8 Å². The lowest BCUT2D eigenvalue weighted by atomic mass is 10.2. The molecule has 0 aromatic carbocycles. The number of rotatable bonds is 4. The van der Waals surface area contributed by atoms with Gasteiger partial charge in [-0.25, -0.2) is 0 Å². The standard InChI is InChI=1S/C5H11ClO2/c6-4-2-1-3-5(7)8/h5,7-8H,1-4H2. The number of hydrogen-bond acceptors (Lipinski definition) is 2. The normalized spacial score (nSPS) is 10.5. The minimum atomic E-state index is -1.15. The van der Waals surface area contributed by atoms with Gasteiger partial charge in [0.15, 0.2) is 6.29 Å². The molecule has 0 aliphatic rings. The Hall–Kier alpha value is 0.210. The fraction of sp³-hybridized carbons (Fsp3) is 1.00. The van der Waals surface area contributed by atoms with Crippen molar-refractivity contribution in [1.29, 1.82) is 0 Å². The summed E-state index contributed by atoms with van der Waals surface area (Å²) < 4.78 is 0. The van der Waals surface area contributed by atoms with Crippen LogP contribution in [0.3, 0.4) is 0 Å². The van der Waals surface area contributed by atoms with Crippen LogP contribution in [0.2, 0.25) is 0 Å². The Bertz CT molecular complexity index is 47.7. The molecule has 0 rings (SSSR count). The molecule has 0 spiro atoms. The smallest absolute Gasteiger partial charge is 0.151 e. The second-order valence-electron chi connectivity index (χ2n) is 1.67. The summed E-state index contributed by atoms with van der Waals surface area (Å²) in [6.45, 7) is 0. The van der Waals surface area contributed by atoms with Gasteiger partial charge < -0.3 is 10.2 Å². The molecule has 3 heteroatoms. The van der Waals surface area contributed by atoms with E-state index in [1.807, 2.05) is 0 Å². The fourth-order valence-corrected chi connectivity index (χ4v) is 0.610. The summed E-state index contributed by atoms with van der Waals surface area (Å²) in [5, 5.41) is 16.6. The topological polar surface area (TPSA) is 40.5 Å². The van der Waals surface area contributed by atoms with Crippen LogP contribution < -0.4 is 0 Å². The first-order valence-electron chi connectivity index (χ1n) is 2.69. The quantitative estimate of drug-likeness (QED) is 0.341. The van der Waals surface area contributed by atoms with E-state index >= 15 is 0 Å². The van der Waals surface area contributed by atoms with Crippen LogP contribution in [0.4, 0.5) is 0 Å². The van der Waals surface area contributed by atoms with Gasteiger partial charge in [0.25, 0.3) is 0 Å². The highest BCUT2D eigenvalue weighted by Gasteiger charge is 1.94. The van der Waals surface area contributed by atoms with E-state index in [4.69, 9.17) is 21.8 Å². The van der Waals surface area contributed by atoms with Crippen LogP contribution in [-0.4, -0.2) is 22.4 Å². The Morgan fingerprint density at radius 1 is 1.25 bits per heavy atom. The molecule has 50 valence electrons. The molecule has 0 heterocycles. The monoisotopic (exact) mass is 138 g/mol. The van der Waals surface area contributed by atoms with E-state index in [1.165, 1.54) is 0 Å². The molecule has 0 atom stereocenters. The van der Waals surface area contributed by atoms with E-state index in [2.05, 4.69) is 0 Å². The minimum absolute atomic E-state index is 0.437. The van der Waals surface area contributed by atoms with Gasteiger partial charge in [0, 0.05) is 5.88 Å². The summed E-state index contributed by atoms with van der Waals surface area (Å²) in [5.41, 5.74) is 0. The molecular formula is C5H11ClO2. The lowest BCUT2D eigenvalue weighted by Gasteiger charge is -1.98. The molecule has 0 aromatic rings. The Kier molecular flexibility index (Phi) is 5.49. The predicted octanol–water partition coefficient (Wildman–Crippen LogP) is 0.706. The number of unbranched alkanes of at least 4 members (excludes halogenated alkanes) is 1. The SMILES string of the molecule is OC(O)CCCCCl. The Morgan fingerprint density at radius 2 is 1.88 bits per heavy atom. The highest BCUT2D eigenvalue weighted by atomic mass is 35.5. The Labute approximate surface area is 54.1 Å². The van der Waals surface area contributed by atoms with Crippen LogP contribution in [0.15, 0.2) is 0 Å². The van der Waals surface area contributed by atoms with Crippen LogP contribution in [0.5, 0.6) is 0 Å². The minimum Gasteiger partial charge on any atom is -0.368 e. The number of alkyl halides is 1. The van der Waals surface area contributed by atoms with Gasteiger partial charge in [0.1, 0.15) is 0 Å². The maximum Gasteiger partial charge on any atom is 0.151 e. The van der Waals surface area contributed by atoms with Gasteiger partial charge in [-0.2, -0.15) is 0 Å². The lowest BCUT2D eigenvalue weighted by molar-refractivity contribution is -0.0462. The van der Waals surface area contributed by atoms with Gasteiger partial charge in [-0.05, 0) is 19.3 Å². The molecule has 0 fully saturated rings. The molecule has 0 saturated heterocycles. The molecule has 0 bridgehead atoms. The van der Waals surface area contributed by atoms with Crippen LogP contribution in [-0.2, 0) is 0 Å². The lowest BCUT2D eigenvalue weighted by Crippen LogP contribution is -2.02. The van der Waals surface area contributed by atoms with Crippen molar-refractivity contribution >= 4 is 11.6 Å². The van der Waals surface area contributed by atoms with E-state index in [-0.39, 0.29) is 0 Å². The highest BCUT2D eigenvalue weighted by Crippen LogP contribution is 1.98. The largest absolute Gasteiger partial charge is 0.368 e. The zero-order chi connectivity index (χ0) is 6.41. The van der Waals surface area contributed by atoms with Gasteiger partial charge in [-0.15, -0.1) is 11.6 Å². The third-order valence-electron chi connectivity index (χ3n) is 0.846. The molecule has 0 unspecified atom stereocenters. The molecule has 0 saturated carbocycles. The van der Waals surface area contributed by atoms with Crippen LogP contribution in [0, 0.1) is 0 Å². The van der Waals surface area contributed by atoms with Crippen molar-refractivity contribution in [1.82, 2.24) is 0 Å². The van der Waals surface area contributed by atoms with E-state index in [9.17, 15) is 0 Å². The second kappa shape index (κ2) is 5.35. The van der Waals surface area contributed by atoms with Gasteiger partial charge in [0.05, 0.1) is 0 Å². The van der Waals surface area contributed by atoms with Crippen molar-refractivity contribution < 1.29 is 10.2 Å². The first-order chi connectivity index (χ1) is 3.77. The summed E-state index contributed by atoms with van der Waals surface area (Å²) in [6, 6.07) is 0. The van der Waals surface area contributed by atoms with Crippen LogP contribution in [0.1, 0.15) is 19.3 Å². The zero-order valence-corrected chi connectivity index (χ0v) is 5.43. The Balaban J connectivity index is 2.72. The number of aliphatic hydroxyl groups is 2. The van der Waals surface area contributed by atoms with Crippen molar-refractivity contribution in [3.63, 3.8) is 0 Å². The number of aliphatic hydroxyl groups excluding tert-OH is 1. The first kappa shape index (κ1) is 8.21. The third kappa shape index (κ3) is 6.21. The predicted molar refractivity (Wildman–Crippen MR) is 32.8 cm³/mol. The van der Waals surface area contributed by atoms with Gasteiger partial charge in [0.2, 0.25) is 0 Å². The highest BCUT2D eigenvalue weighted by molar-refractivity contribution is 6.17. The van der Waals surface area contributed by atoms with Crippen molar-refractivity contribution in [3.8, 4) is 0 Å². The fourth-order valence-electron chi connectivity index (χ4n) is 0.421. The molecule has 0 aliphatic heterocycles. The summed E-state index contributed by atoms with van der Waals surface area (Å²) in [6.07, 6.45) is 0.936. The second-order valence-corrected chi connectivity index (χ2v) is 2.04. The van der Waals surface area contributed by atoms with Gasteiger partial charge in [-0.3, -0.25) is 0 Å². The summed E-state index contributed by atoms with van der Waals surface area (Å²) in [7, 11) is 0. The maximum atomic E-state index is 8.29. The molecule has 0 aliphatic carbocycles. The molecular weight excluding hydrogens is 128 g/mol. The molecule has 8 heavy (non-hydrogen) atoms. The Morgan fingerprint density at radius 3 is 2.25 bits per heavy atom. The number of hydrogen-bond donors (Lipinski definition) is 2. The molecule has 0 amide bonds. The molecule has 0 aromatic heterocycles. The van der Waals surface area contributed by atoms with Crippen LogP contribution >= 0.6 is 11.6 Å². The van der Waals surface area contributed by atoms with Crippen molar-refractivity contribution in [2.45, 2.75) is 25.6 Å². The number of halogens is 1. The average molecular weight is 139 g/mol. The first-order valence-corrected chi connectivity index (χ1v) is 3.23. The molecule has 2 nitrogen and oxygen atoms in total. The summed E-state index contributed by atoms with van der Waals surface area (Å²) in [4.78, 5) is 0.